The summed E-state index contributed by atoms with van der Waals surface area (Å²) in [5.41, 5.74) is 0. The molecule has 0 fully saturated rings. The highest BCUT2D eigenvalue weighted by molar-refractivity contribution is 5.86. The number of carbonyl (C=O) groups excluding carboxylic acids is 2. The molecule has 0 saturated heterocycles. The molecule has 2 amide bonds. The maximum absolute atomic E-state index is 11.2. The van der Waals surface area contributed by atoms with Crippen molar-refractivity contribution in [3.63, 3.8) is 0 Å². The monoisotopic (exact) mass is 226 g/mol. The predicted molar refractivity (Wildman–Crippen MR) is 56.0 cm³/mol. The fourth-order valence-electron chi connectivity index (χ4n) is 1.04. The van der Waals surface area contributed by atoms with Gasteiger partial charge in [-0.25, -0.2) is 9.59 Å². The Morgan fingerprint density at radius 1 is 1.44 bits per heavy atom. The first-order valence-electron chi connectivity index (χ1n) is 4.88. The SMILES string of the molecule is CCOC(=O)c1ccc(CNC(=O)NC)o1. The molecular weight excluding hydrogens is 212 g/mol. The minimum Gasteiger partial charge on any atom is -0.460 e. The van der Waals surface area contributed by atoms with E-state index in [1.807, 2.05) is 0 Å². The number of nitrogens with one attached hydrogen (secondary N) is 2. The van der Waals surface area contributed by atoms with E-state index in [0.29, 0.717) is 12.4 Å². The molecular formula is C10H14N2O4. The number of amides is 2. The van der Waals surface area contributed by atoms with Crippen LogP contribution in [0.2, 0.25) is 0 Å². The van der Waals surface area contributed by atoms with Gasteiger partial charge in [0, 0.05) is 7.05 Å². The van der Waals surface area contributed by atoms with Crippen LogP contribution < -0.4 is 10.6 Å². The zero-order valence-electron chi connectivity index (χ0n) is 9.20. The number of carbonyl (C=O) groups is 2. The average molecular weight is 226 g/mol. The Balaban J connectivity index is 2.51. The second-order valence-electron chi connectivity index (χ2n) is 2.92. The smallest absolute Gasteiger partial charge is 0.374 e. The summed E-state index contributed by atoms with van der Waals surface area (Å²) in [7, 11) is 1.52. The Morgan fingerprint density at radius 3 is 2.81 bits per heavy atom. The third kappa shape index (κ3) is 3.30. The molecule has 0 spiro atoms. The van der Waals surface area contributed by atoms with Gasteiger partial charge >= 0.3 is 12.0 Å². The summed E-state index contributed by atoms with van der Waals surface area (Å²) in [6.45, 7) is 2.24. The minimum absolute atomic E-state index is 0.135. The molecule has 1 rings (SSSR count). The van der Waals surface area contributed by atoms with Crippen molar-refractivity contribution in [2.75, 3.05) is 13.7 Å². The zero-order valence-corrected chi connectivity index (χ0v) is 9.20. The van der Waals surface area contributed by atoms with Crippen LogP contribution >= 0.6 is 0 Å². The fourth-order valence-corrected chi connectivity index (χ4v) is 1.04. The van der Waals surface area contributed by atoms with E-state index >= 15 is 0 Å². The lowest BCUT2D eigenvalue weighted by Crippen LogP contribution is -2.31. The topological polar surface area (TPSA) is 80.6 Å². The van der Waals surface area contributed by atoms with Gasteiger partial charge in [-0.2, -0.15) is 0 Å². The summed E-state index contributed by atoms with van der Waals surface area (Å²) in [5, 5.41) is 4.94. The van der Waals surface area contributed by atoms with Crippen LogP contribution in [0, 0.1) is 0 Å². The van der Waals surface area contributed by atoms with E-state index < -0.39 is 5.97 Å². The molecule has 0 bridgehead atoms. The van der Waals surface area contributed by atoms with E-state index in [1.165, 1.54) is 13.1 Å². The van der Waals surface area contributed by atoms with Gasteiger partial charge in [-0.05, 0) is 19.1 Å². The molecule has 0 aromatic carbocycles. The highest BCUT2D eigenvalue weighted by Gasteiger charge is 2.11. The number of urea groups is 1. The molecule has 1 heterocycles. The molecule has 0 saturated carbocycles. The van der Waals surface area contributed by atoms with Crippen molar-refractivity contribution in [3.05, 3.63) is 23.7 Å². The molecule has 0 aliphatic carbocycles. The van der Waals surface area contributed by atoms with Crippen molar-refractivity contribution in [2.45, 2.75) is 13.5 Å². The number of esters is 1. The maximum atomic E-state index is 11.2. The molecule has 2 N–H and O–H groups in total. The molecule has 88 valence electrons. The van der Waals surface area contributed by atoms with Crippen LogP contribution in [0.3, 0.4) is 0 Å². The van der Waals surface area contributed by atoms with Gasteiger partial charge in [-0.15, -0.1) is 0 Å². The number of rotatable bonds is 4. The van der Waals surface area contributed by atoms with Crippen molar-refractivity contribution in [2.24, 2.45) is 0 Å². The average Bonchev–Trinajstić information content (AvgIpc) is 2.75. The van der Waals surface area contributed by atoms with Crippen LogP contribution in [0.4, 0.5) is 4.79 Å². The lowest BCUT2D eigenvalue weighted by Gasteiger charge is -2.01. The van der Waals surface area contributed by atoms with E-state index in [2.05, 4.69) is 10.6 Å². The highest BCUT2D eigenvalue weighted by atomic mass is 16.5. The van der Waals surface area contributed by atoms with Gasteiger partial charge in [0.1, 0.15) is 5.76 Å². The Labute approximate surface area is 93.0 Å². The first kappa shape index (κ1) is 12.1. The number of furan rings is 1. The quantitative estimate of drug-likeness (QED) is 0.747. The third-order valence-electron chi connectivity index (χ3n) is 1.79. The Hall–Kier alpha value is -1.98. The summed E-state index contributed by atoms with van der Waals surface area (Å²) in [6.07, 6.45) is 0. The van der Waals surface area contributed by atoms with E-state index in [-0.39, 0.29) is 18.3 Å². The summed E-state index contributed by atoms with van der Waals surface area (Å²) in [5.74, 6) is 0.121. The Bertz CT molecular complexity index is 373. The van der Waals surface area contributed by atoms with Crippen LogP contribution in [-0.2, 0) is 11.3 Å². The molecule has 1 aromatic heterocycles. The van der Waals surface area contributed by atoms with Gasteiger partial charge in [0.2, 0.25) is 5.76 Å². The van der Waals surface area contributed by atoms with E-state index in [1.54, 1.807) is 13.0 Å². The maximum Gasteiger partial charge on any atom is 0.374 e. The molecule has 0 aliphatic rings. The second kappa shape index (κ2) is 5.79. The van der Waals surface area contributed by atoms with E-state index in [0.717, 1.165) is 0 Å². The zero-order chi connectivity index (χ0) is 12.0. The van der Waals surface area contributed by atoms with Gasteiger partial charge in [0.05, 0.1) is 13.2 Å². The predicted octanol–water partition coefficient (Wildman–Crippen LogP) is 0.885. The van der Waals surface area contributed by atoms with Gasteiger partial charge < -0.3 is 19.8 Å². The molecule has 0 radical (unpaired) electrons. The van der Waals surface area contributed by atoms with Crippen LogP contribution in [0.1, 0.15) is 23.2 Å². The lowest BCUT2D eigenvalue weighted by molar-refractivity contribution is 0.0488. The molecule has 6 heteroatoms. The number of hydrogen-bond donors (Lipinski definition) is 2. The van der Waals surface area contributed by atoms with Crippen molar-refractivity contribution < 1.29 is 18.7 Å². The highest BCUT2D eigenvalue weighted by Crippen LogP contribution is 2.08. The van der Waals surface area contributed by atoms with Gasteiger partial charge in [-0.3, -0.25) is 0 Å². The number of hydrogen-bond acceptors (Lipinski definition) is 4. The molecule has 0 unspecified atom stereocenters. The normalized spacial score (nSPS) is 9.62. The standard InChI is InChI=1S/C10H14N2O4/c1-3-15-9(13)8-5-4-7(16-8)6-12-10(14)11-2/h4-5H,3,6H2,1-2H3,(H2,11,12,14). The van der Waals surface area contributed by atoms with E-state index in [4.69, 9.17) is 9.15 Å². The molecule has 6 nitrogen and oxygen atoms in total. The second-order valence-corrected chi connectivity index (χ2v) is 2.92. The summed E-state index contributed by atoms with van der Waals surface area (Å²) < 4.78 is 9.93. The van der Waals surface area contributed by atoms with Crippen molar-refractivity contribution in [3.8, 4) is 0 Å². The van der Waals surface area contributed by atoms with Crippen LogP contribution in [0.5, 0.6) is 0 Å². The molecule has 0 aliphatic heterocycles. The van der Waals surface area contributed by atoms with Crippen molar-refractivity contribution >= 4 is 12.0 Å². The van der Waals surface area contributed by atoms with Crippen molar-refractivity contribution in [1.82, 2.24) is 10.6 Å². The molecule has 16 heavy (non-hydrogen) atoms. The van der Waals surface area contributed by atoms with Crippen molar-refractivity contribution in [1.29, 1.82) is 0 Å². The lowest BCUT2D eigenvalue weighted by atomic mass is 10.4. The van der Waals surface area contributed by atoms with Crippen LogP contribution in [-0.4, -0.2) is 25.7 Å². The summed E-state index contributed by atoms with van der Waals surface area (Å²) in [4.78, 5) is 22.1. The largest absolute Gasteiger partial charge is 0.460 e. The van der Waals surface area contributed by atoms with Crippen LogP contribution in [0.25, 0.3) is 0 Å². The third-order valence-corrected chi connectivity index (χ3v) is 1.79. The van der Waals surface area contributed by atoms with Crippen LogP contribution in [0.15, 0.2) is 16.5 Å². The summed E-state index contributed by atoms with van der Waals surface area (Å²) in [6, 6.07) is 2.82. The first-order chi connectivity index (χ1) is 7.67. The first-order valence-corrected chi connectivity index (χ1v) is 4.88. The minimum atomic E-state index is -0.506. The van der Waals surface area contributed by atoms with Gasteiger partial charge in [0.15, 0.2) is 0 Å². The van der Waals surface area contributed by atoms with Gasteiger partial charge in [-0.1, -0.05) is 0 Å². The number of ether oxygens (including phenoxy) is 1. The summed E-state index contributed by atoms with van der Waals surface area (Å²) >= 11 is 0. The molecule has 1 aromatic rings. The Morgan fingerprint density at radius 2 is 2.19 bits per heavy atom. The fraction of sp³-hybridized carbons (Fsp3) is 0.400. The molecule has 0 atom stereocenters. The van der Waals surface area contributed by atoms with Gasteiger partial charge in [0.25, 0.3) is 0 Å². The van der Waals surface area contributed by atoms with E-state index in [9.17, 15) is 9.59 Å². The Kier molecular flexibility index (Phi) is 4.38.